The first-order valence-corrected chi connectivity index (χ1v) is 13.8. The fourth-order valence-corrected chi connectivity index (χ4v) is 4.59. The van der Waals surface area contributed by atoms with Crippen LogP contribution >= 0.6 is 0 Å². The summed E-state index contributed by atoms with van der Waals surface area (Å²) in [6.45, 7) is 16.2. The van der Waals surface area contributed by atoms with Gasteiger partial charge in [0, 0.05) is 17.0 Å². The van der Waals surface area contributed by atoms with Gasteiger partial charge in [-0.25, -0.2) is 9.97 Å². The Bertz CT molecular complexity index is 1160. The van der Waals surface area contributed by atoms with Crippen molar-refractivity contribution < 1.29 is 9.22 Å². The molecule has 0 unspecified atom stereocenters. The van der Waals surface area contributed by atoms with Crippen LogP contribution in [0.1, 0.15) is 57.5 Å². The Hall–Kier alpha value is -2.51. The Labute approximate surface area is 185 Å². The van der Waals surface area contributed by atoms with Crippen LogP contribution in [0.3, 0.4) is 0 Å². The van der Waals surface area contributed by atoms with Crippen LogP contribution < -0.4 is 5.32 Å². The molecule has 3 aromatic rings. The summed E-state index contributed by atoms with van der Waals surface area (Å²) in [4.78, 5) is 21.3. The van der Waals surface area contributed by atoms with Gasteiger partial charge >= 0.3 is 0 Å². The van der Waals surface area contributed by atoms with E-state index in [0.29, 0.717) is 18.8 Å². The number of benzene rings is 1. The first-order chi connectivity index (χ1) is 14.5. The number of para-hydroxylation sites is 1. The van der Waals surface area contributed by atoms with Gasteiger partial charge in [-0.3, -0.25) is 9.36 Å². The summed E-state index contributed by atoms with van der Waals surface area (Å²) in [7, 11) is -1.87. The number of amides is 1. The van der Waals surface area contributed by atoms with Gasteiger partial charge in [0.2, 0.25) is 5.91 Å². The van der Waals surface area contributed by atoms with E-state index < -0.39 is 8.32 Å². The molecule has 7 heteroatoms. The van der Waals surface area contributed by atoms with Crippen molar-refractivity contribution in [3.05, 3.63) is 47.4 Å². The number of fused-ring (bicyclic) bond motifs is 2. The number of rotatable bonds is 5. The van der Waals surface area contributed by atoms with Crippen molar-refractivity contribution in [3.8, 4) is 5.69 Å². The standard InChI is InChI=1S/C24H32N4O2Si/c1-15(2)23-27-21-16(14-30-31(6,7)24(3,4)5)9-8-10-19(21)28(23)18-11-17-12-20(29)26-22(17)25-13-18/h8-11,13,15H,12,14H2,1-7H3,(H,25,26,29). The molecule has 1 N–H and O–H groups in total. The zero-order valence-corrected chi connectivity index (χ0v) is 20.5. The average Bonchev–Trinajstić information content (AvgIpc) is 3.24. The molecule has 6 nitrogen and oxygen atoms in total. The quantitative estimate of drug-likeness (QED) is 0.532. The minimum atomic E-state index is -1.87. The second-order valence-electron chi connectivity index (χ2n) is 10.2. The van der Waals surface area contributed by atoms with Crippen molar-refractivity contribution in [2.45, 2.75) is 71.7 Å². The van der Waals surface area contributed by atoms with Gasteiger partial charge in [-0.05, 0) is 30.3 Å². The van der Waals surface area contributed by atoms with E-state index >= 15 is 0 Å². The number of hydrogen-bond donors (Lipinski definition) is 1. The van der Waals surface area contributed by atoms with Crippen LogP contribution in [0.4, 0.5) is 5.82 Å². The summed E-state index contributed by atoms with van der Waals surface area (Å²) in [5, 5.41) is 2.97. The highest BCUT2D eigenvalue weighted by Crippen LogP contribution is 2.38. The molecule has 1 aromatic carbocycles. The molecule has 4 rings (SSSR count). The van der Waals surface area contributed by atoms with Crippen molar-refractivity contribution in [2.24, 2.45) is 0 Å². The van der Waals surface area contributed by atoms with Crippen LogP contribution in [-0.4, -0.2) is 28.8 Å². The van der Waals surface area contributed by atoms with E-state index in [2.05, 4.69) is 80.8 Å². The molecule has 0 atom stereocenters. The Morgan fingerprint density at radius 3 is 2.68 bits per heavy atom. The van der Waals surface area contributed by atoms with E-state index in [4.69, 9.17) is 9.41 Å². The molecule has 2 aromatic heterocycles. The maximum atomic E-state index is 11.8. The van der Waals surface area contributed by atoms with Crippen LogP contribution in [0.5, 0.6) is 0 Å². The number of nitrogens with zero attached hydrogens (tertiary/aromatic N) is 3. The molecule has 0 saturated heterocycles. The molecular formula is C24H32N4O2Si. The number of imidazole rings is 1. The van der Waals surface area contributed by atoms with Crippen LogP contribution in [0.25, 0.3) is 16.7 Å². The lowest BCUT2D eigenvalue weighted by Gasteiger charge is -2.36. The molecule has 3 heterocycles. The zero-order chi connectivity index (χ0) is 22.6. The lowest BCUT2D eigenvalue weighted by atomic mass is 10.1. The largest absolute Gasteiger partial charge is 0.412 e. The van der Waals surface area contributed by atoms with Crippen molar-refractivity contribution in [2.75, 3.05) is 5.32 Å². The van der Waals surface area contributed by atoms with E-state index in [1.165, 1.54) is 0 Å². The molecule has 0 saturated carbocycles. The molecule has 164 valence electrons. The molecule has 1 aliphatic rings. The first kappa shape index (κ1) is 21.7. The van der Waals surface area contributed by atoms with Crippen molar-refractivity contribution in [1.82, 2.24) is 14.5 Å². The van der Waals surface area contributed by atoms with E-state index in [1.54, 1.807) is 0 Å². The topological polar surface area (TPSA) is 69.0 Å². The number of pyridine rings is 1. The number of carbonyl (C=O) groups is 1. The predicted octanol–water partition coefficient (Wildman–Crippen LogP) is 5.56. The second kappa shape index (κ2) is 7.57. The third-order valence-corrected chi connectivity index (χ3v) is 11.0. The maximum Gasteiger partial charge on any atom is 0.230 e. The highest BCUT2D eigenvalue weighted by atomic mass is 28.4. The van der Waals surface area contributed by atoms with Gasteiger partial charge in [-0.1, -0.05) is 46.8 Å². The summed E-state index contributed by atoms with van der Waals surface area (Å²) >= 11 is 0. The lowest BCUT2D eigenvalue weighted by molar-refractivity contribution is -0.115. The number of aromatic nitrogens is 3. The van der Waals surface area contributed by atoms with Gasteiger partial charge in [-0.15, -0.1) is 0 Å². The van der Waals surface area contributed by atoms with E-state index in [0.717, 1.165) is 33.7 Å². The van der Waals surface area contributed by atoms with Gasteiger partial charge < -0.3 is 9.74 Å². The Balaban J connectivity index is 1.79. The van der Waals surface area contributed by atoms with E-state index in [9.17, 15) is 4.79 Å². The predicted molar refractivity (Wildman–Crippen MR) is 127 cm³/mol. The highest BCUT2D eigenvalue weighted by Gasteiger charge is 2.37. The molecule has 0 bridgehead atoms. The molecule has 1 amide bonds. The van der Waals surface area contributed by atoms with Gasteiger partial charge in [0.15, 0.2) is 8.32 Å². The normalized spacial score (nSPS) is 14.4. The van der Waals surface area contributed by atoms with E-state index in [-0.39, 0.29) is 16.9 Å². The zero-order valence-electron chi connectivity index (χ0n) is 19.5. The van der Waals surface area contributed by atoms with E-state index in [1.807, 2.05) is 12.3 Å². The van der Waals surface area contributed by atoms with Gasteiger partial charge in [0.05, 0.1) is 35.9 Å². The molecule has 0 aliphatic carbocycles. The maximum absolute atomic E-state index is 11.8. The van der Waals surface area contributed by atoms with Crippen LogP contribution in [0, 0.1) is 0 Å². The molecule has 0 spiro atoms. The summed E-state index contributed by atoms with van der Waals surface area (Å²) in [6, 6.07) is 8.33. The number of anilines is 1. The van der Waals surface area contributed by atoms with Crippen LogP contribution in [0.2, 0.25) is 18.1 Å². The summed E-state index contributed by atoms with van der Waals surface area (Å²) in [6.07, 6.45) is 2.18. The third-order valence-electron chi connectivity index (χ3n) is 6.52. The molecule has 1 aliphatic heterocycles. The molecule has 0 fully saturated rings. The smallest absolute Gasteiger partial charge is 0.230 e. The third kappa shape index (κ3) is 3.92. The van der Waals surface area contributed by atoms with Gasteiger partial charge in [0.1, 0.15) is 11.6 Å². The first-order valence-electron chi connectivity index (χ1n) is 10.9. The summed E-state index contributed by atoms with van der Waals surface area (Å²) < 4.78 is 8.68. The van der Waals surface area contributed by atoms with Crippen molar-refractivity contribution in [3.63, 3.8) is 0 Å². The average molecular weight is 437 g/mol. The van der Waals surface area contributed by atoms with Crippen LogP contribution in [0.15, 0.2) is 30.5 Å². The highest BCUT2D eigenvalue weighted by molar-refractivity contribution is 6.74. The SMILES string of the molecule is CC(C)c1nc2c(CO[Si](C)(C)C(C)(C)C)cccc2n1-c1cnc2c(c1)CC(=O)N2. The Morgan fingerprint density at radius 1 is 1.26 bits per heavy atom. The van der Waals surface area contributed by atoms with Crippen molar-refractivity contribution in [1.29, 1.82) is 0 Å². The minimum absolute atomic E-state index is 0.00992. The van der Waals surface area contributed by atoms with Gasteiger partial charge in [-0.2, -0.15) is 0 Å². The van der Waals surface area contributed by atoms with Crippen molar-refractivity contribution >= 4 is 31.1 Å². The molecular weight excluding hydrogens is 404 g/mol. The Morgan fingerprint density at radius 2 is 2.00 bits per heavy atom. The number of nitrogens with one attached hydrogen (secondary N) is 1. The lowest BCUT2D eigenvalue weighted by Crippen LogP contribution is -2.40. The Kier molecular flexibility index (Phi) is 5.30. The summed E-state index contributed by atoms with van der Waals surface area (Å²) in [5.41, 5.74) is 4.98. The summed E-state index contributed by atoms with van der Waals surface area (Å²) in [5.74, 6) is 1.86. The fraction of sp³-hybridized carbons (Fsp3) is 0.458. The number of carbonyl (C=O) groups excluding carboxylic acids is 1. The fourth-order valence-electron chi connectivity index (χ4n) is 3.64. The molecule has 0 radical (unpaired) electrons. The minimum Gasteiger partial charge on any atom is -0.412 e. The monoisotopic (exact) mass is 436 g/mol. The number of hydrogen-bond acceptors (Lipinski definition) is 4. The second-order valence-corrected chi connectivity index (χ2v) is 15.0. The molecule has 31 heavy (non-hydrogen) atoms. The van der Waals surface area contributed by atoms with Gasteiger partial charge in [0.25, 0.3) is 0 Å². The van der Waals surface area contributed by atoms with Crippen LogP contribution in [-0.2, 0) is 22.2 Å².